The number of Topliss-reactive ketones (excluding diaryl/α,β-unsaturated/α-hetero) is 1. The molecule has 4 nitrogen and oxygen atoms in total. The SMILES string of the molecule is C[C@@]12CN(CC(=O)c3ccc(O)cc3)C[C@]1(C)CC(O)(Cc1ccc(F)cc1F)C2. The molecule has 2 N–H and O–H groups in total. The molecule has 3 atom stereocenters. The molecule has 0 amide bonds. The topological polar surface area (TPSA) is 60.8 Å². The Kier molecular flexibility index (Phi) is 4.98. The van der Waals surface area contributed by atoms with Crippen LogP contribution in [0.5, 0.6) is 5.75 Å². The van der Waals surface area contributed by atoms with Gasteiger partial charge < -0.3 is 10.2 Å². The zero-order valence-electron chi connectivity index (χ0n) is 17.3. The van der Waals surface area contributed by atoms with Gasteiger partial charge in [0.15, 0.2) is 5.78 Å². The number of rotatable bonds is 5. The van der Waals surface area contributed by atoms with Crippen molar-refractivity contribution < 1.29 is 23.8 Å². The Balaban J connectivity index is 1.45. The third-order valence-corrected chi connectivity index (χ3v) is 7.13. The van der Waals surface area contributed by atoms with Crippen LogP contribution < -0.4 is 0 Å². The van der Waals surface area contributed by atoms with E-state index in [9.17, 15) is 23.8 Å². The highest BCUT2D eigenvalue weighted by Gasteiger charge is 2.62. The van der Waals surface area contributed by atoms with Crippen LogP contribution in [-0.4, -0.2) is 46.1 Å². The van der Waals surface area contributed by atoms with Crippen LogP contribution in [0.3, 0.4) is 0 Å². The van der Waals surface area contributed by atoms with Crippen LogP contribution in [0.1, 0.15) is 42.6 Å². The van der Waals surface area contributed by atoms with Gasteiger partial charge in [0, 0.05) is 31.1 Å². The number of carbonyl (C=O) groups is 1. The summed E-state index contributed by atoms with van der Waals surface area (Å²) in [5, 5.41) is 20.7. The first kappa shape index (κ1) is 20.9. The molecule has 4 rings (SSSR count). The molecule has 6 heteroatoms. The molecule has 1 saturated heterocycles. The normalized spacial score (nSPS) is 31.1. The molecular weight excluding hydrogens is 388 g/mol. The second kappa shape index (κ2) is 7.13. The summed E-state index contributed by atoms with van der Waals surface area (Å²) in [4.78, 5) is 14.7. The first-order chi connectivity index (χ1) is 14.0. The zero-order chi connectivity index (χ0) is 21.7. The van der Waals surface area contributed by atoms with Gasteiger partial charge >= 0.3 is 0 Å². The van der Waals surface area contributed by atoms with Crippen molar-refractivity contribution >= 4 is 5.78 Å². The van der Waals surface area contributed by atoms with Gasteiger partial charge in [0.05, 0.1) is 12.1 Å². The fraction of sp³-hybridized carbons (Fsp3) is 0.458. The van der Waals surface area contributed by atoms with Gasteiger partial charge in [-0.1, -0.05) is 19.9 Å². The lowest BCUT2D eigenvalue weighted by atomic mass is 9.71. The Labute approximate surface area is 175 Å². The van der Waals surface area contributed by atoms with Crippen molar-refractivity contribution in [2.45, 2.75) is 38.7 Å². The van der Waals surface area contributed by atoms with Gasteiger partial charge in [-0.3, -0.25) is 9.69 Å². The lowest BCUT2D eigenvalue weighted by molar-refractivity contribution is 0.0255. The minimum Gasteiger partial charge on any atom is -0.508 e. The molecule has 1 unspecified atom stereocenters. The smallest absolute Gasteiger partial charge is 0.176 e. The van der Waals surface area contributed by atoms with Crippen molar-refractivity contribution in [3.8, 4) is 5.75 Å². The number of fused-ring (bicyclic) bond motifs is 1. The Morgan fingerprint density at radius 2 is 1.63 bits per heavy atom. The summed E-state index contributed by atoms with van der Waals surface area (Å²) in [5.74, 6) is -1.14. The average molecular weight is 415 g/mol. The standard InChI is InChI=1S/C24H27F2NO3/c1-22-12-24(30,10-17-3-6-18(25)9-20(17)26)13-23(22,2)15-27(14-22)11-21(29)16-4-7-19(28)8-5-16/h3-9,28,30H,10-15H2,1-2H3/t22-,23+,24?. The second-order valence-corrected chi connectivity index (χ2v) is 9.73. The number of hydrogen-bond donors (Lipinski definition) is 2. The van der Waals surface area contributed by atoms with E-state index in [0.717, 1.165) is 6.07 Å². The molecule has 0 spiro atoms. The quantitative estimate of drug-likeness (QED) is 0.726. The molecule has 1 aliphatic heterocycles. The fourth-order valence-corrected chi connectivity index (χ4v) is 5.68. The van der Waals surface area contributed by atoms with Gasteiger partial charge in [-0.2, -0.15) is 0 Å². The highest BCUT2D eigenvalue weighted by Crippen LogP contribution is 2.61. The zero-order valence-corrected chi connectivity index (χ0v) is 17.3. The van der Waals surface area contributed by atoms with Crippen molar-refractivity contribution in [3.63, 3.8) is 0 Å². The van der Waals surface area contributed by atoms with Crippen molar-refractivity contribution in [1.82, 2.24) is 4.90 Å². The Bertz CT molecular complexity index is 957. The molecule has 2 aromatic carbocycles. The first-order valence-corrected chi connectivity index (χ1v) is 10.2. The van der Waals surface area contributed by atoms with E-state index in [0.29, 0.717) is 37.1 Å². The van der Waals surface area contributed by atoms with E-state index in [1.807, 2.05) is 0 Å². The molecule has 1 aliphatic carbocycles. The van der Waals surface area contributed by atoms with E-state index in [1.54, 1.807) is 12.1 Å². The molecule has 160 valence electrons. The third kappa shape index (κ3) is 3.74. The van der Waals surface area contributed by atoms with Crippen molar-refractivity contribution in [2.24, 2.45) is 10.8 Å². The molecular formula is C24H27F2NO3. The van der Waals surface area contributed by atoms with Gasteiger partial charge in [0.25, 0.3) is 0 Å². The number of hydrogen-bond acceptors (Lipinski definition) is 4. The minimum atomic E-state index is -1.06. The van der Waals surface area contributed by atoms with Crippen LogP contribution in [0, 0.1) is 22.5 Å². The maximum atomic E-state index is 14.1. The number of aliphatic hydroxyl groups is 1. The molecule has 1 heterocycles. The maximum absolute atomic E-state index is 14.1. The number of ketones is 1. The van der Waals surface area contributed by atoms with Crippen LogP contribution >= 0.6 is 0 Å². The minimum absolute atomic E-state index is 0.00850. The number of phenolic OH excluding ortho intramolecular Hbond substituents is 1. The van der Waals surface area contributed by atoms with Crippen molar-refractivity contribution in [1.29, 1.82) is 0 Å². The predicted octanol–water partition coefficient (Wildman–Crippen LogP) is 3.95. The molecule has 0 bridgehead atoms. The van der Waals surface area contributed by atoms with Gasteiger partial charge in [0.1, 0.15) is 17.4 Å². The van der Waals surface area contributed by atoms with Crippen molar-refractivity contribution in [3.05, 3.63) is 65.2 Å². The van der Waals surface area contributed by atoms with Crippen LogP contribution in [-0.2, 0) is 6.42 Å². The van der Waals surface area contributed by atoms with Gasteiger partial charge in [0.2, 0.25) is 0 Å². The van der Waals surface area contributed by atoms with Crippen LogP contribution in [0.15, 0.2) is 42.5 Å². The average Bonchev–Trinajstić information content (AvgIpc) is 2.97. The van der Waals surface area contributed by atoms with E-state index in [2.05, 4.69) is 18.7 Å². The van der Waals surface area contributed by atoms with E-state index in [1.165, 1.54) is 24.3 Å². The summed E-state index contributed by atoms with van der Waals surface area (Å²) in [6.45, 7) is 5.86. The predicted molar refractivity (Wildman–Crippen MR) is 109 cm³/mol. The monoisotopic (exact) mass is 415 g/mol. The summed E-state index contributed by atoms with van der Waals surface area (Å²) in [6.07, 6.45) is 1.14. The number of benzene rings is 2. The van der Waals surface area contributed by atoms with Gasteiger partial charge in [-0.05, 0) is 59.6 Å². The van der Waals surface area contributed by atoms with Crippen LogP contribution in [0.25, 0.3) is 0 Å². The molecule has 0 aromatic heterocycles. The molecule has 0 radical (unpaired) electrons. The maximum Gasteiger partial charge on any atom is 0.176 e. The molecule has 2 fully saturated rings. The summed E-state index contributed by atoms with van der Waals surface area (Å²) >= 11 is 0. The summed E-state index contributed by atoms with van der Waals surface area (Å²) in [6, 6.07) is 9.73. The lowest BCUT2D eigenvalue weighted by Crippen LogP contribution is -2.36. The summed E-state index contributed by atoms with van der Waals surface area (Å²) in [5.41, 5.74) is -0.607. The fourth-order valence-electron chi connectivity index (χ4n) is 5.68. The lowest BCUT2D eigenvalue weighted by Gasteiger charge is -2.32. The highest BCUT2D eigenvalue weighted by molar-refractivity contribution is 5.97. The first-order valence-electron chi connectivity index (χ1n) is 10.2. The molecule has 30 heavy (non-hydrogen) atoms. The third-order valence-electron chi connectivity index (χ3n) is 7.13. The number of nitrogens with zero attached hydrogens (tertiary/aromatic N) is 1. The Morgan fingerprint density at radius 3 is 2.20 bits per heavy atom. The largest absolute Gasteiger partial charge is 0.508 e. The number of phenols is 1. The van der Waals surface area contributed by atoms with E-state index >= 15 is 0 Å². The van der Waals surface area contributed by atoms with Gasteiger partial charge in [-0.25, -0.2) is 8.78 Å². The number of aromatic hydroxyl groups is 1. The van der Waals surface area contributed by atoms with Crippen LogP contribution in [0.2, 0.25) is 0 Å². The Hall–Kier alpha value is -2.31. The Morgan fingerprint density at radius 1 is 1.03 bits per heavy atom. The second-order valence-electron chi connectivity index (χ2n) is 9.73. The molecule has 2 aromatic rings. The summed E-state index contributed by atoms with van der Waals surface area (Å²) < 4.78 is 27.3. The molecule has 1 saturated carbocycles. The van der Waals surface area contributed by atoms with E-state index in [-0.39, 0.29) is 35.3 Å². The summed E-state index contributed by atoms with van der Waals surface area (Å²) in [7, 11) is 0. The number of likely N-dealkylation sites (tertiary alicyclic amines) is 1. The van der Waals surface area contributed by atoms with Crippen molar-refractivity contribution in [2.75, 3.05) is 19.6 Å². The van der Waals surface area contributed by atoms with Crippen LogP contribution in [0.4, 0.5) is 8.78 Å². The number of carbonyl (C=O) groups excluding carboxylic acids is 1. The number of halogens is 2. The van der Waals surface area contributed by atoms with Gasteiger partial charge in [-0.15, -0.1) is 0 Å². The molecule has 2 aliphatic rings. The van der Waals surface area contributed by atoms with E-state index < -0.39 is 17.2 Å². The highest BCUT2D eigenvalue weighted by atomic mass is 19.1. The van der Waals surface area contributed by atoms with E-state index in [4.69, 9.17) is 0 Å².